The van der Waals surface area contributed by atoms with Crippen molar-refractivity contribution in [2.45, 2.75) is 6.17 Å². The maximum atomic E-state index is 10.6. The Kier molecular flexibility index (Phi) is 3.92. The van der Waals surface area contributed by atoms with Gasteiger partial charge in [0.15, 0.2) is 6.17 Å². The van der Waals surface area contributed by atoms with Gasteiger partial charge in [-0.05, 0) is 0 Å². The third-order valence-corrected chi connectivity index (χ3v) is 1.45. The highest BCUT2D eigenvalue weighted by molar-refractivity contribution is 5.69. The Morgan fingerprint density at radius 2 is 2.17 bits per heavy atom. The topological polar surface area (TPSA) is 52.2 Å². The summed E-state index contributed by atoms with van der Waals surface area (Å²) in [6, 6.07) is 0. The predicted octanol–water partition coefficient (Wildman–Crippen LogP) is -1.46. The first-order chi connectivity index (χ1) is 5.39. The van der Waals surface area contributed by atoms with Gasteiger partial charge in [-0.15, -0.1) is 6.58 Å². The second kappa shape index (κ2) is 4.23. The Morgan fingerprint density at radius 1 is 1.67 bits per heavy atom. The van der Waals surface area contributed by atoms with E-state index < -0.39 is 12.1 Å². The van der Waals surface area contributed by atoms with Gasteiger partial charge in [-0.25, -0.2) is 0 Å². The molecule has 4 heteroatoms. The standard InChI is InChI=1S/C8H16N2O2/c1-5-6-9-7(8(11)12)10(2,3)4/h5,7,9H,1,6H2,2-4H3. The lowest BCUT2D eigenvalue weighted by atomic mass is 10.4. The molecule has 0 aromatic heterocycles. The van der Waals surface area contributed by atoms with Crippen LogP contribution in [-0.4, -0.2) is 44.3 Å². The van der Waals surface area contributed by atoms with Crippen LogP contribution in [0.25, 0.3) is 0 Å². The average Bonchev–Trinajstić information content (AvgIpc) is 1.84. The summed E-state index contributed by atoms with van der Waals surface area (Å²) >= 11 is 0. The molecule has 0 aromatic carbocycles. The highest BCUT2D eigenvalue weighted by Crippen LogP contribution is 1.97. The zero-order valence-electron chi connectivity index (χ0n) is 7.83. The Bertz CT molecular complexity index is 172. The van der Waals surface area contributed by atoms with Crippen LogP contribution in [-0.2, 0) is 4.79 Å². The molecule has 4 nitrogen and oxygen atoms in total. The Morgan fingerprint density at radius 3 is 2.42 bits per heavy atom. The van der Waals surface area contributed by atoms with Crippen LogP contribution >= 0.6 is 0 Å². The van der Waals surface area contributed by atoms with E-state index in [1.54, 1.807) is 27.2 Å². The zero-order chi connectivity index (χ0) is 9.78. The minimum absolute atomic E-state index is 0.288. The molecule has 1 N–H and O–H groups in total. The van der Waals surface area contributed by atoms with Crippen molar-refractivity contribution in [2.24, 2.45) is 0 Å². The second-order valence-electron chi connectivity index (χ2n) is 3.53. The number of nitrogens with one attached hydrogen (secondary N) is 1. The van der Waals surface area contributed by atoms with E-state index in [4.69, 9.17) is 0 Å². The van der Waals surface area contributed by atoms with E-state index in [1.807, 2.05) is 0 Å². The molecule has 1 atom stereocenters. The molecule has 0 spiro atoms. The molecule has 0 aliphatic heterocycles. The fourth-order valence-corrected chi connectivity index (χ4v) is 0.868. The van der Waals surface area contributed by atoms with E-state index in [0.29, 0.717) is 6.54 Å². The third-order valence-electron chi connectivity index (χ3n) is 1.45. The summed E-state index contributed by atoms with van der Waals surface area (Å²) in [5.41, 5.74) is 0. The molecule has 0 saturated carbocycles. The molecule has 0 saturated heterocycles. The molecule has 0 heterocycles. The first-order valence-electron chi connectivity index (χ1n) is 3.76. The number of aliphatic carboxylic acids is 1. The highest BCUT2D eigenvalue weighted by Gasteiger charge is 2.23. The van der Waals surface area contributed by atoms with Gasteiger partial charge in [0.2, 0.25) is 0 Å². The lowest BCUT2D eigenvalue weighted by molar-refractivity contribution is -0.892. The molecule has 0 radical (unpaired) electrons. The lowest BCUT2D eigenvalue weighted by Gasteiger charge is -2.34. The van der Waals surface area contributed by atoms with Crippen molar-refractivity contribution in [2.75, 3.05) is 27.7 Å². The number of nitrogens with zero attached hydrogens (tertiary/aromatic N) is 1. The van der Waals surface area contributed by atoms with Crippen LogP contribution in [0.5, 0.6) is 0 Å². The van der Waals surface area contributed by atoms with Gasteiger partial charge >= 0.3 is 0 Å². The molecule has 70 valence electrons. The molecule has 0 bridgehead atoms. The maximum Gasteiger partial charge on any atom is 0.183 e. The molecule has 0 fully saturated rings. The molecule has 0 aliphatic rings. The first-order valence-corrected chi connectivity index (χ1v) is 3.76. The van der Waals surface area contributed by atoms with Gasteiger partial charge < -0.3 is 14.4 Å². The number of quaternary nitrogens is 1. The minimum Gasteiger partial charge on any atom is -0.543 e. The molecular formula is C8H16N2O2. The van der Waals surface area contributed by atoms with Crippen LogP contribution in [0.1, 0.15) is 0 Å². The SMILES string of the molecule is C=CCNC(C(=O)[O-])[N+](C)(C)C. The van der Waals surface area contributed by atoms with Crippen molar-refractivity contribution in [1.29, 1.82) is 0 Å². The molecule has 0 aliphatic carbocycles. The van der Waals surface area contributed by atoms with Gasteiger partial charge in [-0.2, -0.15) is 0 Å². The van der Waals surface area contributed by atoms with E-state index in [2.05, 4.69) is 11.9 Å². The van der Waals surface area contributed by atoms with Gasteiger partial charge in [-0.3, -0.25) is 5.32 Å². The van der Waals surface area contributed by atoms with E-state index in [0.717, 1.165) is 0 Å². The summed E-state index contributed by atoms with van der Waals surface area (Å²) in [6.07, 6.45) is 0.925. The lowest BCUT2D eigenvalue weighted by Crippen LogP contribution is -2.61. The summed E-state index contributed by atoms with van der Waals surface area (Å²) in [7, 11) is 5.36. The minimum atomic E-state index is -1.09. The smallest absolute Gasteiger partial charge is 0.183 e. The normalized spacial score (nSPS) is 13.9. The van der Waals surface area contributed by atoms with Gasteiger partial charge in [0.1, 0.15) is 5.97 Å². The maximum absolute atomic E-state index is 10.6. The van der Waals surface area contributed by atoms with Crippen LogP contribution < -0.4 is 10.4 Å². The van der Waals surface area contributed by atoms with E-state index in [-0.39, 0.29) is 4.48 Å². The molecule has 0 rings (SSSR count). The van der Waals surface area contributed by atoms with Crippen LogP contribution in [0.15, 0.2) is 12.7 Å². The van der Waals surface area contributed by atoms with Gasteiger partial charge in [0, 0.05) is 6.54 Å². The molecular weight excluding hydrogens is 156 g/mol. The summed E-state index contributed by atoms with van der Waals surface area (Å²) in [5.74, 6) is -1.09. The van der Waals surface area contributed by atoms with Crippen molar-refractivity contribution >= 4 is 5.97 Å². The number of carbonyl (C=O) groups is 1. The van der Waals surface area contributed by atoms with E-state index >= 15 is 0 Å². The van der Waals surface area contributed by atoms with Crippen LogP contribution in [0.2, 0.25) is 0 Å². The van der Waals surface area contributed by atoms with Crippen LogP contribution in [0, 0.1) is 0 Å². The van der Waals surface area contributed by atoms with Crippen LogP contribution in [0.4, 0.5) is 0 Å². The Labute approximate surface area is 73.1 Å². The van der Waals surface area contributed by atoms with Gasteiger partial charge in [0.05, 0.1) is 21.1 Å². The van der Waals surface area contributed by atoms with Crippen molar-refractivity contribution < 1.29 is 14.4 Å². The van der Waals surface area contributed by atoms with Gasteiger partial charge in [0.25, 0.3) is 0 Å². The molecule has 1 unspecified atom stereocenters. The quantitative estimate of drug-likeness (QED) is 0.313. The first kappa shape index (κ1) is 11.1. The highest BCUT2D eigenvalue weighted by atomic mass is 16.4. The Hall–Kier alpha value is -0.870. The van der Waals surface area contributed by atoms with Crippen molar-refractivity contribution in [1.82, 2.24) is 5.32 Å². The van der Waals surface area contributed by atoms with Crippen molar-refractivity contribution in [3.8, 4) is 0 Å². The summed E-state index contributed by atoms with van der Waals surface area (Å²) in [4.78, 5) is 10.6. The predicted molar refractivity (Wildman–Crippen MR) is 45.0 cm³/mol. The average molecular weight is 172 g/mol. The zero-order valence-corrected chi connectivity index (χ0v) is 7.83. The number of carboxylic acids is 1. The number of carbonyl (C=O) groups excluding carboxylic acids is 1. The van der Waals surface area contributed by atoms with E-state index in [1.165, 1.54) is 0 Å². The number of likely N-dealkylation sites (N-methyl/N-ethyl adjacent to an activating group) is 1. The second-order valence-corrected chi connectivity index (χ2v) is 3.53. The monoisotopic (exact) mass is 172 g/mol. The fraction of sp³-hybridized carbons (Fsp3) is 0.625. The Balaban J connectivity index is 4.24. The number of carboxylic acid groups (broad SMARTS) is 1. The number of rotatable bonds is 5. The summed E-state index contributed by atoms with van der Waals surface area (Å²) < 4.78 is 0.288. The largest absolute Gasteiger partial charge is 0.543 e. The van der Waals surface area contributed by atoms with Crippen LogP contribution in [0.3, 0.4) is 0 Å². The summed E-state index contributed by atoms with van der Waals surface area (Å²) in [6.45, 7) is 3.96. The van der Waals surface area contributed by atoms with Crippen molar-refractivity contribution in [3.05, 3.63) is 12.7 Å². The van der Waals surface area contributed by atoms with E-state index in [9.17, 15) is 9.90 Å². The van der Waals surface area contributed by atoms with Crippen molar-refractivity contribution in [3.63, 3.8) is 0 Å². The summed E-state index contributed by atoms with van der Waals surface area (Å²) in [5, 5.41) is 13.4. The fourth-order valence-electron chi connectivity index (χ4n) is 0.868. The molecule has 0 aromatic rings. The van der Waals surface area contributed by atoms with Gasteiger partial charge in [-0.1, -0.05) is 6.08 Å². The third kappa shape index (κ3) is 3.50. The number of hydrogen-bond acceptors (Lipinski definition) is 3. The number of hydrogen-bond donors (Lipinski definition) is 1. The molecule has 12 heavy (non-hydrogen) atoms. The molecule has 0 amide bonds.